The lowest BCUT2D eigenvalue weighted by Gasteiger charge is -2.52. The van der Waals surface area contributed by atoms with E-state index >= 15 is 0 Å². The van der Waals surface area contributed by atoms with E-state index in [-0.39, 0.29) is 5.91 Å². The third-order valence-electron chi connectivity index (χ3n) is 6.59. The summed E-state index contributed by atoms with van der Waals surface area (Å²) in [6.07, 6.45) is 4.01. The summed E-state index contributed by atoms with van der Waals surface area (Å²) in [5.74, 6) is 2.81. The second-order valence-corrected chi connectivity index (χ2v) is 8.52. The first-order valence-corrected chi connectivity index (χ1v) is 10.6. The van der Waals surface area contributed by atoms with Gasteiger partial charge in [-0.2, -0.15) is 0 Å². The zero-order valence-corrected chi connectivity index (χ0v) is 17.4. The van der Waals surface area contributed by atoms with E-state index in [1.165, 1.54) is 6.42 Å². The van der Waals surface area contributed by atoms with E-state index in [2.05, 4.69) is 15.1 Å². The van der Waals surface area contributed by atoms with E-state index in [1.54, 1.807) is 14.2 Å². The molecule has 1 aromatic carbocycles. The average Bonchev–Trinajstić information content (AvgIpc) is 2.72. The number of hydrogen-bond donors (Lipinski definition) is 1. The molecule has 4 rings (SSSR count). The molecule has 0 spiro atoms. The highest BCUT2D eigenvalue weighted by atomic mass is 16.5. The zero-order valence-electron chi connectivity index (χ0n) is 17.4. The molecule has 2 bridgehead atoms. The van der Waals surface area contributed by atoms with Crippen molar-refractivity contribution in [3.63, 3.8) is 0 Å². The summed E-state index contributed by atoms with van der Waals surface area (Å²) < 4.78 is 10.7. The molecule has 0 radical (unpaired) electrons. The van der Waals surface area contributed by atoms with Crippen molar-refractivity contribution in [1.29, 1.82) is 0 Å². The molecule has 29 heavy (non-hydrogen) atoms. The molecule has 3 aliphatic rings. The normalized spacial score (nSPS) is 26.6. The van der Waals surface area contributed by atoms with Crippen LogP contribution < -0.4 is 14.8 Å². The third kappa shape index (κ3) is 4.34. The van der Waals surface area contributed by atoms with Crippen LogP contribution >= 0.6 is 0 Å². The second-order valence-electron chi connectivity index (χ2n) is 8.52. The molecule has 1 N–H and O–H groups in total. The number of amides is 2. The quantitative estimate of drug-likeness (QED) is 0.785. The van der Waals surface area contributed by atoms with Crippen LogP contribution in [0.1, 0.15) is 31.2 Å². The summed E-state index contributed by atoms with van der Waals surface area (Å²) in [4.78, 5) is 29.3. The van der Waals surface area contributed by atoms with Gasteiger partial charge in [-0.1, -0.05) is 0 Å². The smallest absolute Gasteiger partial charge is 0.234 e. The van der Waals surface area contributed by atoms with Crippen LogP contribution in [0.15, 0.2) is 18.2 Å². The lowest BCUT2D eigenvalue weighted by atomic mass is 9.76. The molecule has 7 heteroatoms. The van der Waals surface area contributed by atoms with Gasteiger partial charge in [0.25, 0.3) is 0 Å². The highest BCUT2D eigenvalue weighted by molar-refractivity contribution is 5.78. The Bertz CT molecular complexity index is 768. The van der Waals surface area contributed by atoms with Crippen molar-refractivity contribution in [2.24, 2.45) is 11.8 Å². The van der Waals surface area contributed by atoms with E-state index in [4.69, 9.17) is 9.47 Å². The van der Waals surface area contributed by atoms with Crippen LogP contribution in [0.2, 0.25) is 0 Å². The SMILES string of the molecule is COc1ccc(OC)c(CNC(=O)CN2CC3CC(C2)[C@H]2CCCC(=O)N2C3)c1. The minimum absolute atomic E-state index is 0.0198. The van der Waals surface area contributed by atoms with E-state index < -0.39 is 0 Å². The maximum Gasteiger partial charge on any atom is 0.234 e. The van der Waals surface area contributed by atoms with Gasteiger partial charge in [-0.25, -0.2) is 0 Å². The lowest BCUT2D eigenvalue weighted by Crippen LogP contribution is -2.61. The number of carbonyl (C=O) groups is 2. The van der Waals surface area contributed by atoms with Crippen molar-refractivity contribution in [3.8, 4) is 11.5 Å². The van der Waals surface area contributed by atoms with Crippen LogP contribution in [0.25, 0.3) is 0 Å². The second kappa shape index (κ2) is 8.61. The summed E-state index contributed by atoms with van der Waals surface area (Å²) in [5.41, 5.74) is 0.895. The summed E-state index contributed by atoms with van der Waals surface area (Å²) in [7, 11) is 3.25. The molecule has 7 nitrogen and oxygen atoms in total. The van der Waals surface area contributed by atoms with Gasteiger partial charge in [0, 0.05) is 44.2 Å². The molecule has 2 unspecified atom stereocenters. The Morgan fingerprint density at radius 1 is 1.21 bits per heavy atom. The van der Waals surface area contributed by atoms with Gasteiger partial charge in [-0.05, 0) is 49.3 Å². The van der Waals surface area contributed by atoms with Crippen LogP contribution in [-0.4, -0.2) is 68.1 Å². The number of fused-ring (bicyclic) bond motifs is 4. The number of piperidine rings is 3. The predicted molar refractivity (Wildman–Crippen MR) is 109 cm³/mol. The van der Waals surface area contributed by atoms with Crippen LogP contribution in [-0.2, 0) is 16.1 Å². The van der Waals surface area contributed by atoms with Gasteiger partial charge in [0.15, 0.2) is 0 Å². The Morgan fingerprint density at radius 3 is 2.86 bits per heavy atom. The molecule has 1 aromatic rings. The van der Waals surface area contributed by atoms with Crippen LogP contribution in [0.3, 0.4) is 0 Å². The molecular formula is C22H31N3O4. The first-order valence-electron chi connectivity index (χ1n) is 10.6. The molecule has 0 aliphatic carbocycles. The van der Waals surface area contributed by atoms with Crippen molar-refractivity contribution in [2.45, 2.75) is 38.3 Å². The van der Waals surface area contributed by atoms with Crippen molar-refractivity contribution in [1.82, 2.24) is 15.1 Å². The third-order valence-corrected chi connectivity index (χ3v) is 6.59. The first-order chi connectivity index (χ1) is 14.1. The van der Waals surface area contributed by atoms with E-state index in [1.807, 2.05) is 18.2 Å². The Morgan fingerprint density at radius 2 is 2.07 bits per heavy atom. The molecule has 3 fully saturated rings. The first kappa shape index (κ1) is 20.0. The molecule has 3 aliphatic heterocycles. The number of carbonyl (C=O) groups excluding carboxylic acids is 2. The fraction of sp³-hybridized carbons (Fsp3) is 0.636. The maximum absolute atomic E-state index is 12.6. The number of hydrogen-bond acceptors (Lipinski definition) is 5. The van der Waals surface area contributed by atoms with Crippen molar-refractivity contribution in [2.75, 3.05) is 40.4 Å². The Balaban J connectivity index is 1.32. The van der Waals surface area contributed by atoms with Gasteiger partial charge in [0.05, 0.1) is 20.8 Å². The fourth-order valence-corrected chi connectivity index (χ4v) is 5.31. The van der Waals surface area contributed by atoms with Crippen LogP contribution in [0.4, 0.5) is 0 Å². The Labute approximate surface area is 172 Å². The minimum atomic E-state index is 0.0198. The molecule has 2 amide bonds. The number of rotatable bonds is 6. The highest BCUT2D eigenvalue weighted by Gasteiger charge is 2.44. The highest BCUT2D eigenvalue weighted by Crippen LogP contribution is 2.37. The average molecular weight is 402 g/mol. The van der Waals surface area contributed by atoms with Crippen molar-refractivity contribution < 1.29 is 19.1 Å². The van der Waals surface area contributed by atoms with Gasteiger partial charge in [-0.3, -0.25) is 14.5 Å². The summed E-state index contributed by atoms with van der Waals surface area (Å²) in [5, 5.41) is 3.02. The number of likely N-dealkylation sites (tertiary alicyclic amines) is 1. The standard InChI is InChI=1S/C22H31N3O4/c1-28-18-6-7-20(29-2)16(9-18)10-23-21(26)14-24-11-15-8-17(13-24)19-4-3-5-22(27)25(19)12-15/h6-7,9,15,17,19H,3-5,8,10-14H2,1-2H3,(H,23,26)/t15?,17?,19-/m1/s1. The molecule has 3 heterocycles. The molecule has 3 saturated heterocycles. The topological polar surface area (TPSA) is 71.1 Å². The van der Waals surface area contributed by atoms with Gasteiger partial charge in [0.2, 0.25) is 11.8 Å². The number of nitrogens with zero attached hydrogens (tertiary/aromatic N) is 2. The van der Waals surface area contributed by atoms with Crippen molar-refractivity contribution in [3.05, 3.63) is 23.8 Å². The van der Waals surface area contributed by atoms with E-state index in [9.17, 15) is 9.59 Å². The van der Waals surface area contributed by atoms with E-state index in [0.717, 1.165) is 49.5 Å². The number of benzene rings is 1. The van der Waals surface area contributed by atoms with Gasteiger partial charge in [0.1, 0.15) is 11.5 Å². The van der Waals surface area contributed by atoms with Crippen molar-refractivity contribution >= 4 is 11.8 Å². The fourth-order valence-electron chi connectivity index (χ4n) is 5.31. The summed E-state index contributed by atoms with van der Waals surface area (Å²) in [6.45, 7) is 3.47. The number of nitrogens with one attached hydrogen (secondary N) is 1. The van der Waals surface area contributed by atoms with Gasteiger partial charge < -0.3 is 19.7 Å². The molecule has 0 aromatic heterocycles. The summed E-state index contributed by atoms with van der Waals surface area (Å²) >= 11 is 0. The lowest BCUT2D eigenvalue weighted by molar-refractivity contribution is -0.145. The Kier molecular flexibility index (Phi) is 5.94. The molecular weight excluding hydrogens is 370 g/mol. The minimum Gasteiger partial charge on any atom is -0.497 e. The number of methoxy groups -OCH3 is 2. The largest absolute Gasteiger partial charge is 0.497 e. The Hall–Kier alpha value is -2.28. The van der Waals surface area contributed by atoms with Crippen LogP contribution in [0.5, 0.6) is 11.5 Å². The van der Waals surface area contributed by atoms with Gasteiger partial charge >= 0.3 is 0 Å². The predicted octanol–water partition coefficient (Wildman–Crippen LogP) is 1.65. The zero-order chi connectivity index (χ0) is 20.4. The molecule has 0 saturated carbocycles. The molecule has 3 atom stereocenters. The monoisotopic (exact) mass is 401 g/mol. The van der Waals surface area contributed by atoms with E-state index in [0.29, 0.717) is 43.3 Å². The van der Waals surface area contributed by atoms with Gasteiger partial charge in [-0.15, -0.1) is 0 Å². The molecule has 158 valence electrons. The van der Waals surface area contributed by atoms with Crippen LogP contribution in [0, 0.1) is 11.8 Å². The maximum atomic E-state index is 12.6. The summed E-state index contributed by atoms with van der Waals surface area (Å²) in [6, 6.07) is 5.96. The number of ether oxygens (including phenoxy) is 2.